The van der Waals surface area contributed by atoms with Gasteiger partial charge in [0, 0.05) is 36.2 Å². The number of alkyl halides is 3. The Morgan fingerprint density at radius 1 is 1.28 bits per heavy atom. The number of thioether (sulfide) groups is 1. The number of para-hydroxylation sites is 1. The van der Waals surface area contributed by atoms with Crippen LogP contribution in [0.2, 0.25) is 0 Å². The highest BCUT2D eigenvalue weighted by Crippen LogP contribution is 2.31. The number of fused-ring (bicyclic) bond motifs is 1. The number of H-pyrrole nitrogens is 2. The number of aromatic nitrogens is 5. The number of halogens is 3. The van der Waals surface area contributed by atoms with Gasteiger partial charge in [-0.15, -0.1) is 10.2 Å². The molecule has 0 saturated carbocycles. The van der Waals surface area contributed by atoms with Gasteiger partial charge >= 0.3 is 6.18 Å². The summed E-state index contributed by atoms with van der Waals surface area (Å²) in [4.78, 5) is 26.6. The van der Waals surface area contributed by atoms with Crippen LogP contribution in [0.4, 0.5) is 13.2 Å². The van der Waals surface area contributed by atoms with Crippen molar-refractivity contribution in [3.05, 3.63) is 41.9 Å². The molecule has 1 aromatic carbocycles. The molecule has 29 heavy (non-hydrogen) atoms. The standard InChI is InChI=1S/C17H17F3N6O2S/c1-9(27)29-8-12(17(18,19)20)16(28)22-14(15-23-25-26-24-15)6-10-7-21-13-5-3-2-4-11(10)13/h2-5,7,12,14,21H,6,8H2,1H3,(H,22,28)(H,23,24,25,26)/t12-,14+/m1/s1. The van der Waals surface area contributed by atoms with Crippen molar-refractivity contribution < 1.29 is 22.8 Å². The predicted octanol–water partition coefficient (Wildman–Crippen LogP) is 2.54. The fourth-order valence-corrected chi connectivity index (χ4v) is 3.58. The summed E-state index contributed by atoms with van der Waals surface area (Å²) < 4.78 is 40.1. The van der Waals surface area contributed by atoms with Crippen LogP contribution in [0.1, 0.15) is 24.4 Å². The Hall–Kier alpha value is -2.89. The van der Waals surface area contributed by atoms with Crippen LogP contribution in [0.25, 0.3) is 10.9 Å². The first-order valence-corrected chi connectivity index (χ1v) is 9.53. The highest BCUT2D eigenvalue weighted by molar-refractivity contribution is 8.13. The molecule has 3 aromatic rings. The van der Waals surface area contributed by atoms with Crippen LogP contribution in [0.15, 0.2) is 30.5 Å². The third-order valence-electron chi connectivity index (χ3n) is 4.25. The monoisotopic (exact) mass is 426 g/mol. The van der Waals surface area contributed by atoms with Crippen molar-refractivity contribution in [1.82, 2.24) is 30.9 Å². The molecule has 0 bridgehead atoms. The molecule has 0 radical (unpaired) electrons. The number of benzene rings is 1. The van der Waals surface area contributed by atoms with Crippen LogP contribution in [0.3, 0.4) is 0 Å². The molecule has 0 aliphatic carbocycles. The van der Waals surface area contributed by atoms with E-state index in [1.807, 2.05) is 24.3 Å². The number of aromatic amines is 2. The number of nitrogens with zero attached hydrogens (tertiary/aromatic N) is 3. The second kappa shape index (κ2) is 8.64. The lowest BCUT2D eigenvalue weighted by Crippen LogP contribution is -2.43. The Labute approximate surface area is 167 Å². The zero-order chi connectivity index (χ0) is 21.0. The third kappa shape index (κ3) is 5.13. The van der Waals surface area contributed by atoms with Crippen molar-refractivity contribution in [2.75, 3.05) is 5.75 Å². The lowest BCUT2D eigenvalue weighted by Gasteiger charge is -2.22. The van der Waals surface area contributed by atoms with Crippen molar-refractivity contribution in [3.63, 3.8) is 0 Å². The van der Waals surface area contributed by atoms with Gasteiger partial charge in [0.1, 0.15) is 5.92 Å². The molecule has 0 aliphatic heterocycles. The van der Waals surface area contributed by atoms with Crippen LogP contribution >= 0.6 is 11.8 Å². The van der Waals surface area contributed by atoms with E-state index in [-0.39, 0.29) is 12.2 Å². The summed E-state index contributed by atoms with van der Waals surface area (Å²) in [5, 5.41) is 16.0. The Kier molecular flexibility index (Phi) is 6.20. The largest absolute Gasteiger partial charge is 0.401 e. The summed E-state index contributed by atoms with van der Waals surface area (Å²) in [7, 11) is 0. The molecule has 1 amide bonds. The molecule has 0 saturated heterocycles. The summed E-state index contributed by atoms with van der Waals surface area (Å²) in [6.45, 7) is 1.15. The van der Waals surface area contributed by atoms with Crippen molar-refractivity contribution in [3.8, 4) is 0 Å². The van der Waals surface area contributed by atoms with Crippen LogP contribution in [-0.4, -0.2) is 48.6 Å². The average molecular weight is 426 g/mol. The Morgan fingerprint density at radius 2 is 2.03 bits per heavy atom. The SMILES string of the molecule is CC(=O)SC[C@H](C(=O)N[C@@H](Cc1c[nH]c2ccccc12)c1nn[nH]n1)C(F)(F)F. The highest BCUT2D eigenvalue weighted by Gasteiger charge is 2.45. The molecule has 3 rings (SSSR count). The lowest BCUT2D eigenvalue weighted by molar-refractivity contribution is -0.178. The van der Waals surface area contributed by atoms with E-state index in [2.05, 4.69) is 30.9 Å². The van der Waals surface area contributed by atoms with E-state index in [1.165, 1.54) is 0 Å². The van der Waals surface area contributed by atoms with Gasteiger partial charge in [0.15, 0.2) is 10.9 Å². The quantitative estimate of drug-likeness (QED) is 0.535. The van der Waals surface area contributed by atoms with Gasteiger partial charge < -0.3 is 10.3 Å². The van der Waals surface area contributed by atoms with E-state index >= 15 is 0 Å². The van der Waals surface area contributed by atoms with Gasteiger partial charge in [-0.2, -0.15) is 18.4 Å². The molecule has 3 N–H and O–H groups in total. The van der Waals surface area contributed by atoms with E-state index in [1.54, 1.807) is 6.20 Å². The number of nitrogens with one attached hydrogen (secondary N) is 3. The summed E-state index contributed by atoms with van der Waals surface area (Å²) in [5.74, 6) is -4.23. The van der Waals surface area contributed by atoms with Gasteiger partial charge in [0.05, 0.1) is 6.04 Å². The molecule has 8 nitrogen and oxygen atoms in total. The van der Waals surface area contributed by atoms with E-state index in [4.69, 9.17) is 0 Å². The topological polar surface area (TPSA) is 116 Å². The first-order chi connectivity index (χ1) is 13.8. The van der Waals surface area contributed by atoms with Gasteiger partial charge in [-0.3, -0.25) is 9.59 Å². The molecule has 0 fully saturated rings. The van der Waals surface area contributed by atoms with Crippen LogP contribution in [-0.2, 0) is 16.0 Å². The number of tetrazole rings is 1. The first-order valence-electron chi connectivity index (χ1n) is 8.54. The van der Waals surface area contributed by atoms with Gasteiger partial charge in [-0.05, 0) is 11.6 Å². The van der Waals surface area contributed by atoms with Crippen molar-refractivity contribution >= 4 is 33.7 Å². The third-order valence-corrected chi connectivity index (χ3v) is 5.16. The fraction of sp³-hybridized carbons (Fsp3) is 0.353. The maximum absolute atomic E-state index is 13.4. The van der Waals surface area contributed by atoms with Gasteiger partial charge in [-0.25, -0.2) is 0 Å². The molecular weight excluding hydrogens is 409 g/mol. The minimum atomic E-state index is -4.80. The Morgan fingerprint density at radius 3 is 2.69 bits per heavy atom. The Bertz CT molecular complexity index is 989. The summed E-state index contributed by atoms with van der Waals surface area (Å²) in [5.41, 5.74) is 1.63. The average Bonchev–Trinajstić information content (AvgIpc) is 3.30. The van der Waals surface area contributed by atoms with Gasteiger partial charge in [0.25, 0.3) is 0 Å². The van der Waals surface area contributed by atoms with Crippen molar-refractivity contribution in [1.29, 1.82) is 0 Å². The van der Waals surface area contributed by atoms with Crippen LogP contribution in [0, 0.1) is 5.92 Å². The van der Waals surface area contributed by atoms with Gasteiger partial charge in [0.2, 0.25) is 5.91 Å². The van der Waals surface area contributed by atoms with Crippen LogP contribution in [0.5, 0.6) is 0 Å². The first kappa shape index (κ1) is 20.8. The Balaban J connectivity index is 1.83. The minimum absolute atomic E-state index is 0.0591. The van der Waals surface area contributed by atoms with E-state index < -0.39 is 34.9 Å². The number of rotatable bonds is 7. The van der Waals surface area contributed by atoms with Gasteiger partial charge in [-0.1, -0.05) is 35.2 Å². The molecular formula is C17H17F3N6O2S. The smallest absolute Gasteiger partial charge is 0.361 e. The summed E-state index contributed by atoms with van der Waals surface area (Å²) in [6.07, 6.45) is -2.93. The van der Waals surface area contributed by atoms with E-state index in [0.717, 1.165) is 23.4 Å². The van der Waals surface area contributed by atoms with Crippen molar-refractivity contribution in [2.45, 2.75) is 25.6 Å². The zero-order valence-electron chi connectivity index (χ0n) is 15.2. The molecule has 154 valence electrons. The zero-order valence-corrected chi connectivity index (χ0v) is 16.0. The maximum Gasteiger partial charge on any atom is 0.401 e. The number of amides is 1. The van der Waals surface area contributed by atoms with E-state index in [0.29, 0.717) is 11.8 Å². The fourth-order valence-electron chi connectivity index (χ4n) is 2.84. The summed E-state index contributed by atoms with van der Waals surface area (Å²) in [6, 6.07) is 6.47. The molecule has 0 spiro atoms. The molecule has 12 heteroatoms. The second-order valence-electron chi connectivity index (χ2n) is 6.29. The van der Waals surface area contributed by atoms with Crippen molar-refractivity contribution in [2.24, 2.45) is 5.92 Å². The predicted molar refractivity (Wildman–Crippen MR) is 99.7 cm³/mol. The molecule has 2 aromatic heterocycles. The number of hydrogen-bond acceptors (Lipinski definition) is 6. The normalized spacial score (nSPS) is 13.9. The maximum atomic E-state index is 13.4. The number of carbonyl (C=O) groups excluding carboxylic acids is 2. The second-order valence-corrected chi connectivity index (χ2v) is 7.49. The molecule has 2 atom stereocenters. The number of carbonyl (C=O) groups is 2. The molecule has 2 heterocycles. The summed E-state index contributed by atoms with van der Waals surface area (Å²) >= 11 is 0.452. The highest BCUT2D eigenvalue weighted by atomic mass is 32.2. The minimum Gasteiger partial charge on any atom is -0.361 e. The van der Waals surface area contributed by atoms with E-state index in [9.17, 15) is 22.8 Å². The number of hydrogen-bond donors (Lipinski definition) is 3. The van der Waals surface area contributed by atoms with Crippen LogP contribution < -0.4 is 5.32 Å². The molecule has 0 unspecified atom stereocenters. The lowest BCUT2D eigenvalue weighted by atomic mass is 10.0. The molecule has 0 aliphatic rings.